The van der Waals surface area contributed by atoms with Gasteiger partial charge in [0.1, 0.15) is 24.5 Å². The number of aromatic nitrogens is 4. The fourth-order valence-electron chi connectivity index (χ4n) is 3.89. The first kappa shape index (κ1) is 19.5. The van der Waals surface area contributed by atoms with E-state index in [1.165, 1.54) is 5.56 Å². The topological polar surface area (TPSA) is 65.3 Å². The lowest BCUT2D eigenvalue weighted by Crippen LogP contribution is -2.40. The largest absolute Gasteiger partial charge is 0.487 e. The maximum Gasteiger partial charge on any atom is 0.146 e. The molecule has 4 rings (SSSR count). The van der Waals surface area contributed by atoms with E-state index < -0.39 is 0 Å². The standard InChI is InChI=1S/C22H27N5O2/c1-16-10-18(11-17(2)21(16)29-13-19-6-4-5-7-23-19)12-27-8-9-28-14-20(27)22-24-15-25-26(22)3/h4-7,10-11,15,20H,8-9,12-14H2,1-3H3. The molecular weight excluding hydrogens is 366 g/mol. The Morgan fingerprint density at radius 2 is 2.00 bits per heavy atom. The molecule has 0 radical (unpaired) electrons. The van der Waals surface area contributed by atoms with Crippen LogP contribution in [0.4, 0.5) is 0 Å². The first-order valence-corrected chi connectivity index (χ1v) is 9.90. The van der Waals surface area contributed by atoms with Crippen molar-refractivity contribution in [1.82, 2.24) is 24.6 Å². The molecule has 29 heavy (non-hydrogen) atoms. The Morgan fingerprint density at radius 1 is 1.17 bits per heavy atom. The van der Waals surface area contributed by atoms with Crippen molar-refractivity contribution >= 4 is 0 Å². The van der Waals surface area contributed by atoms with Gasteiger partial charge in [-0.05, 0) is 42.7 Å². The van der Waals surface area contributed by atoms with Crippen LogP contribution < -0.4 is 4.74 Å². The number of aryl methyl sites for hydroxylation is 3. The molecule has 1 unspecified atom stereocenters. The van der Waals surface area contributed by atoms with Crippen molar-refractivity contribution in [2.45, 2.75) is 33.0 Å². The third-order valence-electron chi connectivity index (χ3n) is 5.28. The van der Waals surface area contributed by atoms with Crippen LogP contribution in [0.25, 0.3) is 0 Å². The number of hydrogen-bond donors (Lipinski definition) is 0. The van der Waals surface area contributed by atoms with Gasteiger partial charge >= 0.3 is 0 Å². The fraction of sp³-hybridized carbons (Fsp3) is 0.409. The van der Waals surface area contributed by atoms with Gasteiger partial charge in [-0.25, -0.2) is 4.98 Å². The lowest BCUT2D eigenvalue weighted by molar-refractivity contribution is -0.0171. The Labute approximate surface area is 171 Å². The predicted molar refractivity (Wildman–Crippen MR) is 109 cm³/mol. The van der Waals surface area contributed by atoms with Crippen LogP contribution in [0.1, 0.15) is 34.3 Å². The van der Waals surface area contributed by atoms with Gasteiger partial charge in [-0.3, -0.25) is 14.6 Å². The van der Waals surface area contributed by atoms with Gasteiger partial charge in [-0.2, -0.15) is 5.10 Å². The van der Waals surface area contributed by atoms with Crippen LogP contribution in [0.5, 0.6) is 5.75 Å². The van der Waals surface area contributed by atoms with Gasteiger partial charge in [0.05, 0.1) is 24.9 Å². The number of hydrogen-bond acceptors (Lipinski definition) is 6. The number of benzene rings is 1. The molecule has 0 spiro atoms. The van der Waals surface area contributed by atoms with Crippen LogP contribution in [0, 0.1) is 13.8 Å². The summed E-state index contributed by atoms with van der Waals surface area (Å²) in [5, 5.41) is 4.22. The Hall–Kier alpha value is -2.77. The third-order valence-corrected chi connectivity index (χ3v) is 5.28. The first-order valence-electron chi connectivity index (χ1n) is 9.90. The maximum absolute atomic E-state index is 6.08. The normalized spacial score (nSPS) is 17.4. The highest BCUT2D eigenvalue weighted by molar-refractivity contribution is 5.43. The van der Waals surface area contributed by atoms with Gasteiger partial charge < -0.3 is 9.47 Å². The van der Waals surface area contributed by atoms with Crippen molar-refractivity contribution < 1.29 is 9.47 Å². The van der Waals surface area contributed by atoms with E-state index in [0.717, 1.165) is 48.1 Å². The smallest absolute Gasteiger partial charge is 0.146 e. The molecule has 0 N–H and O–H groups in total. The summed E-state index contributed by atoms with van der Waals surface area (Å²) in [6, 6.07) is 10.4. The Kier molecular flexibility index (Phi) is 5.87. The second-order valence-electron chi connectivity index (χ2n) is 7.47. The van der Waals surface area contributed by atoms with E-state index in [9.17, 15) is 0 Å². The fourth-order valence-corrected chi connectivity index (χ4v) is 3.89. The van der Waals surface area contributed by atoms with Crippen LogP contribution in [0.3, 0.4) is 0 Å². The van der Waals surface area contributed by atoms with E-state index >= 15 is 0 Å². The minimum absolute atomic E-state index is 0.108. The highest BCUT2D eigenvalue weighted by Crippen LogP contribution is 2.29. The molecule has 152 valence electrons. The van der Waals surface area contributed by atoms with Gasteiger partial charge in [-0.15, -0.1) is 0 Å². The second kappa shape index (κ2) is 8.71. The summed E-state index contributed by atoms with van der Waals surface area (Å²) in [7, 11) is 1.93. The van der Waals surface area contributed by atoms with Crippen molar-refractivity contribution in [2.75, 3.05) is 19.8 Å². The first-order chi connectivity index (χ1) is 14.1. The number of nitrogens with zero attached hydrogens (tertiary/aromatic N) is 5. The Bertz CT molecular complexity index is 934. The lowest BCUT2D eigenvalue weighted by Gasteiger charge is -2.35. The minimum Gasteiger partial charge on any atom is -0.487 e. The van der Waals surface area contributed by atoms with Crippen molar-refractivity contribution in [3.8, 4) is 5.75 Å². The number of rotatable bonds is 6. The SMILES string of the molecule is Cc1cc(CN2CCOCC2c2ncnn2C)cc(C)c1OCc1ccccn1. The van der Waals surface area contributed by atoms with E-state index in [1.54, 1.807) is 12.5 Å². The van der Waals surface area contributed by atoms with Gasteiger partial charge in [0.2, 0.25) is 0 Å². The third kappa shape index (κ3) is 4.46. The molecule has 0 aliphatic carbocycles. The molecule has 3 heterocycles. The van der Waals surface area contributed by atoms with Crippen molar-refractivity contribution in [3.05, 3.63) is 71.1 Å². The zero-order chi connectivity index (χ0) is 20.2. The molecule has 3 aromatic rings. The van der Waals surface area contributed by atoms with Crippen LogP contribution in [-0.4, -0.2) is 44.4 Å². The Morgan fingerprint density at radius 3 is 2.69 bits per heavy atom. The molecule has 1 aliphatic rings. The zero-order valence-electron chi connectivity index (χ0n) is 17.2. The van der Waals surface area contributed by atoms with Crippen LogP contribution in [-0.2, 0) is 24.9 Å². The molecule has 2 aromatic heterocycles. The summed E-state index contributed by atoms with van der Waals surface area (Å²) < 4.78 is 13.6. The number of pyridine rings is 1. The van der Waals surface area contributed by atoms with E-state index in [1.807, 2.05) is 29.9 Å². The van der Waals surface area contributed by atoms with E-state index in [-0.39, 0.29) is 6.04 Å². The molecule has 1 aromatic carbocycles. The molecule has 1 aliphatic heterocycles. The van der Waals surface area contributed by atoms with E-state index in [4.69, 9.17) is 9.47 Å². The average Bonchev–Trinajstić information content (AvgIpc) is 3.14. The summed E-state index contributed by atoms with van der Waals surface area (Å²) in [5.74, 6) is 1.87. The lowest BCUT2D eigenvalue weighted by atomic mass is 10.0. The highest BCUT2D eigenvalue weighted by atomic mass is 16.5. The van der Waals surface area contributed by atoms with Crippen LogP contribution in [0.15, 0.2) is 42.9 Å². The molecule has 1 saturated heterocycles. The highest BCUT2D eigenvalue weighted by Gasteiger charge is 2.28. The van der Waals surface area contributed by atoms with Crippen molar-refractivity contribution in [3.63, 3.8) is 0 Å². The summed E-state index contributed by atoms with van der Waals surface area (Å²) in [4.78, 5) is 11.2. The van der Waals surface area contributed by atoms with Gasteiger partial charge in [0.15, 0.2) is 0 Å². The summed E-state index contributed by atoms with van der Waals surface area (Å²) in [6.45, 7) is 7.75. The summed E-state index contributed by atoms with van der Waals surface area (Å²) in [6.07, 6.45) is 3.39. The number of ether oxygens (including phenoxy) is 2. The number of morpholine rings is 1. The maximum atomic E-state index is 6.08. The average molecular weight is 393 g/mol. The molecule has 0 bridgehead atoms. The molecule has 7 heteroatoms. The summed E-state index contributed by atoms with van der Waals surface area (Å²) in [5.41, 5.74) is 4.47. The molecular formula is C22H27N5O2. The predicted octanol–water partition coefficient (Wildman–Crippen LogP) is 2.98. The molecule has 1 fully saturated rings. The summed E-state index contributed by atoms with van der Waals surface area (Å²) >= 11 is 0. The monoisotopic (exact) mass is 393 g/mol. The van der Waals surface area contributed by atoms with Gasteiger partial charge in [0, 0.05) is 26.3 Å². The molecule has 1 atom stereocenters. The Balaban J connectivity index is 1.49. The van der Waals surface area contributed by atoms with Gasteiger partial charge in [-0.1, -0.05) is 18.2 Å². The molecule has 0 amide bonds. The molecule has 7 nitrogen and oxygen atoms in total. The quantitative estimate of drug-likeness (QED) is 0.642. The van der Waals surface area contributed by atoms with Gasteiger partial charge in [0.25, 0.3) is 0 Å². The molecule has 0 saturated carbocycles. The van der Waals surface area contributed by atoms with Crippen molar-refractivity contribution in [2.24, 2.45) is 7.05 Å². The zero-order valence-corrected chi connectivity index (χ0v) is 17.2. The van der Waals surface area contributed by atoms with Crippen LogP contribution >= 0.6 is 0 Å². The van der Waals surface area contributed by atoms with Crippen molar-refractivity contribution in [1.29, 1.82) is 0 Å². The minimum atomic E-state index is 0.108. The van der Waals surface area contributed by atoms with Crippen LogP contribution in [0.2, 0.25) is 0 Å². The second-order valence-corrected chi connectivity index (χ2v) is 7.47. The van der Waals surface area contributed by atoms with E-state index in [2.05, 4.69) is 45.9 Å². The van der Waals surface area contributed by atoms with E-state index in [0.29, 0.717) is 13.2 Å².